The van der Waals surface area contributed by atoms with Gasteiger partial charge in [-0.3, -0.25) is 0 Å². The van der Waals surface area contributed by atoms with Gasteiger partial charge in [0.15, 0.2) is 0 Å². The first-order valence-electron chi connectivity index (χ1n) is 5.97. The standard InChI is InChI=1S/C14H14N4O/c1-3-19-13-6-4-11(5-7-13)17-14-16-10(2)8-12(9-15)18-14/h4-8H,3H2,1-2H3,(H,16,17,18). The number of aromatic nitrogens is 2. The van der Waals surface area contributed by atoms with E-state index in [1.165, 1.54) is 0 Å². The zero-order valence-electron chi connectivity index (χ0n) is 10.8. The van der Waals surface area contributed by atoms with Gasteiger partial charge in [0.05, 0.1) is 6.61 Å². The van der Waals surface area contributed by atoms with Gasteiger partial charge < -0.3 is 10.1 Å². The van der Waals surface area contributed by atoms with E-state index in [4.69, 9.17) is 10.00 Å². The van der Waals surface area contributed by atoms with Crippen molar-refractivity contribution in [2.45, 2.75) is 13.8 Å². The SMILES string of the molecule is CCOc1ccc(Nc2nc(C)cc(C#N)n2)cc1. The van der Waals surface area contributed by atoms with Crippen LogP contribution in [0.4, 0.5) is 11.6 Å². The van der Waals surface area contributed by atoms with Gasteiger partial charge >= 0.3 is 0 Å². The Morgan fingerprint density at radius 1 is 1.26 bits per heavy atom. The molecule has 5 nitrogen and oxygen atoms in total. The van der Waals surface area contributed by atoms with Crippen molar-refractivity contribution in [3.63, 3.8) is 0 Å². The molecule has 1 N–H and O–H groups in total. The van der Waals surface area contributed by atoms with Crippen LogP contribution in [0, 0.1) is 18.3 Å². The summed E-state index contributed by atoms with van der Waals surface area (Å²) in [6.45, 7) is 4.40. The van der Waals surface area contributed by atoms with Gasteiger partial charge in [0, 0.05) is 11.4 Å². The molecule has 0 radical (unpaired) electrons. The van der Waals surface area contributed by atoms with Crippen LogP contribution >= 0.6 is 0 Å². The number of hydrogen-bond acceptors (Lipinski definition) is 5. The van der Waals surface area contributed by atoms with Gasteiger partial charge in [-0.2, -0.15) is 5.26 Å². The largest absolute Gasteiger partial charge is 0.494 e. The van der Waals surface area contributed by atoms with Gasteiger partial charge in [-0.25, -0.2) is 9.97 Å². The molecule has 0 bridgehead atoms. The Morgan fingerprint density at radius 2 is 2.00 bits per heavy atom. The van der Waals surface area contributed by atoms with E-state index in [0.29, 0.717) is 18.2 Å². The Morgan fingerprint density at radius 3 is 2.63 bits per heavy atom. The van der Waals surface area contributed by atoms with E-state index in [9.17, 15) is 0 Å². The van der Waals surface area contributed by atoms with E-state index >= 15 is 0 Å². The van der Waals surface area contributed by atoms with Crippen LogP contribution in [0.25, 0.3) is 0 Å². The van der Waals surface area contributed by atoms with Crippen LogP contribution in [-0.4, -0.2) is 16.6 Å². The molecule has 0 aliphatic rings. The Labute approximate surface area is 111 Å². The first-order valence-corrected chi connectivity index (χ1v) is 5.97. The summed E-state index contributed by atoms with van der Waals surface area (Å²) in [6, 6.07) is 11.1. The minimum absolute atomic E-state index is 0.348. The summed E-state index contributed by atoms with van der Waals surface area (Å²) in [5.41, 5.74) is 1.94. The van der Waals surface area contributed by atoms with Crippen LogP contribution in [-0.2, 0) is 0 Å². The summed E-state index contributed by atoms with van der Waals surface area (Å²) in [5, 5.41) is 11.9. The maximum absolute atomic E-state index is 8.86. The highest BCUT2D eigenvalue weighted by atomic mass is 16.5. The quantitative estimate of drug-likeness (QED) is 0.908. The van der Waals surface area contributed by atoms with Crippen LogP contribution in [0.2, 0.25) is 0 Å². The zero-order valence-corrected chi connectivity index (χ0v) is 10.8. The molecule has 0 fully saturated rings. The van der Waals surface area contributed by atoms with E-state index in [-0.39, 0.29) is 0 Å². The fourth-order valence-corrected chi connectivity index (χ4v) is 1.61. The molecule has 1 aromatic heterocycles. The maximum Gasteiger partial charge on any atom is 0.228 e. The lowest BCUT2D eigenvalue weighted by molar-refractivity contribution is 0.340. The highest BCUT2D eigenvalue weighted by Gasteiger charge is 2.02. The highest BCUT2D eigenvalue weighted by molar-refractivity contribution is 5.55. The van der Waals surface area contributed by atoms with Crippen LogP contribution in [0.15, 0.2) is 30.3 Å². The molecule has 1 heterocycles. The maximum atomic E-state index is 8.86. The zero-order chi connectivity index (χ0) is 13.7. The average molecular weight is 254 g/mol. The summed E-state index contributed by atoms with van der Waals surface area (Å²) >= 11 is 0. The number of anilines is 2. The number of hydrogen-bond donors (Lipinski definition) is 1. The molecule has 0 aliphatic carbocycles. The number of rotatable bonds is 4. The lowest BCUT2D eigenvalue weighted by Gasteiger charge is -2.07. The summed E-state index contributed by atoms with van der Waals surface area (Å²) in [6.07, 6.45) is 0. The van der Waals surface area contributed by atoms with Gasteiger partial charge in [-0.15, -0.1) is 0 Å². The van der Waals surface area contributed by atoms with E-state index < -0.39 is 0 Å². The highest BCUT2D eigenvalue weighted by Crippen LogP contribution is 2.18. The lowest BCUT2D eigenvalue weighted by Crippen LogP contribution is -2.00. The van der Waals surface area contributed by atoms with E-state index in [1.54, 1.807) is 6.07 Å². The molecule has 0 saturated carbocycles. The predicted molar refractivity (Wildman–Crippen MR) is 72.4 cm³/mol. The van der Waals surface area contributed by atoms with Crippen molar-refractivity contribution < 1.29 is 4.74 Å². The second kappa shape index (κ2) is 5.83. The molecular weight excluding hydrogens is 240 g/mol. The molecule has 2 aromatic rings. The van der Waals surface area contributed by atoms with Gasteiger partial charge in [0.25, 0.3) is 0 Å². The van der Waals surface area contributed by atoms with Crippen molar-refractivity contribution >= 4 is 11.6 Å². The molecule has 0 aliphatic heterocycles. The van der Waals surface area contributed by atoms with Crippen molar-refractivity contribution in [1.29, 1.82) is 5.26 Å². The number of nitrogens with zero attached hydrogens (tertiary/aromatic N) is 3. The Balaban J connectivity index is 2.17. The van der Waals surface area contributed by atoms with Crippen molar-refractivity contribution in [2.24, 2.45) is 0 Å². The predicted octanol–water partition coefficient (Wildman–Crippen LogP) is 2.80. The summed E-state index contributed by atoms with van der Waals surface area (Å²) in [7, 11) is 0. The molecule has 96 valence electrons. The normalized spacial score (nSPS) is 9.74. The second-order valence-electron chi connectivity index (χ2n) is 3.91. The number of ether oxygens (including phenoxy) is 1. The second-order valence-corrected chi connectivity index (χ2v) is 3.91. The number of nitriles is 1. The van der Waals surface area contributed by atoms with Crippen molar-refractivity contribution in [3.05, 3.63) is 41.7 Å². The lowest BCUT2D eigenvalue weighted by atomic mass is 10.3. The molecule has 0 saturated heterocycles. The van der Waals surface area contributed by atoms with Crippen LogP contribution in [0.5, 0.6) is 5.75 Å². The summed E-state index contributed by atoms with van der Waals surface area (Å²) in [4.78, 5) is 8.32. The van der Waals surface area contributed by atoms with Gasteiger partial charge in [0.2, 0.25) is 5.95 Å². The van der Waals surface area contributed by atoms with Crippen LogP contribution in [0.3, 0.4) is 0 Å². The summed E-state index contributed by atoms with van der Waals surface area (Å²) < 4.78 is 5.36. The molecular formula is C14H14N4O. The minimum atomic E-state index is 0.348. The van der Waals surface area contributed by atoms with E-state index in [2.05, 4.69) is 15.3 Å². The van der Waals surface area contributed by atoms with Crippen molar-refractivity contribution in [1.82, 2.24) is 9.97 Å². The van der Waals surface area contributed by atoms with Crippen molar-refractivity contribution in [2.75, 3.05) is 11.9 Å². The van der Waals surface area contributed by atoms with Gasteiger partial charge in [-0.05, 0) is 44.2 Å². The third-order valence-electron chi connectivity index (χ3n) is 2.39. The molecule has 1 aromatic carbocycles. The monoisotopic (exact) mass is 254 g/mol. The Bertz CT molecular complexity index is 602. The Hall–Kier alpha value is -2.61. The van der Waals surface area contributed by atoms with Crippen LogP contribution < -0.4 is 10.1 Å². The molecule has 0 unspecified atom stereocenters. The van der Waals surface area contributed by atoms with Gasteiger partial charge in [0.1, 0.15) is 17.5 Å². The average Bonchev–Trinajstić information content (AvgIpc) is 2.40. The number of nitrogens with one attached hydrogen (secondary N) is 1. The molecule has 0 spiro atoms. The van der Waals surface area contributed by atoms with Crippen LogP contribution in [0.1, 0.15) is 18.3 Å². The van der Waals surface area contributed by atoms with Gasteiger partial charge in [-0.1, -0.05) is 0 Å². The smallest absolute Gasteiger partial charge is 0.228 e. The minimum Gasteiger partial charge on any atom is -0.494 e. The van der Waals surface area contributed by atoms with E-state index in [1.807, 2.05) is 44.2 Å². The van der Waals surface area contributed by atoms with Crippen molar-refractivity contribution in [3.8, 4) is 11.8 Å². The number of benzene rings is 1. The third-order valence-corrected chi connectivity index (χ3v) is 2.39. The first kappa shape index (κ1) is 12.8. The third kappa shape index (κ3) is 3.42. The molecule has 0 atom stereocenters. The topological polar surface area (TPSA) is 70.8 Å². The van der Waals surface area contributed by atoms with E-state index in [0.717, 1.165) is 17.1 Å². The Kier molecular flexibility index (Phi) is 3.94. The molecule has 2 rings (SSSR count). The molecule has 0 amide bonds. The summed E-state index contributed by atoms with van der Waals surface area (Å²) in [5.74, 6) is 1.23. The molecule has 5 heteroatoms. The fourth-order valence-electron chi connectivity index (χ4n) is 1.61. The number of aryl methyl sites for hydroxylation is 1. The molecule has 19 heavy (non-hydrogen) atoms. The first-order chi connectivity index (χ1) is 9.21. The fraction of sp³-hybridized carbons (Fsp3) is 0.214.